The van der Waals surface area contributed by atoms with E-state index in [0.717, 1.165) is 12.8 Å². The first kappa shape index (κ1) is 14.3. The van der Waals surface area contributed by atoms with Crippen LogP contribution in [0.4, 0.5) is 0 Å². The molecule has 0 rings (SSSR count). The number of hydrogen-bond acceptors (Lipinski definition) is 4. The Kier molecular flexibility index (Phi) is 10.9. The number of carbonyl (C=O) groups excluding carboxylic acids is 1. The number of aliphatic hydroxyl groups excluding tert-OH is 1. The van der Waals surface area contributed by atoms with E-state index in [0.29, 0.717) is 32.8 Å². The zero-order chi connectivity index (χ0) is 11.4. The van der Waals surface area contributed by atoms with Crippen molar-refractivity contribution in [2.45, 2.75) is 19.3 Å². The molecule has 5 nitrogen and oxygen atoms in total. The first-order valence-corrected chi connectivity index (χ1v) is 5.28. The fourth-order valence-corrected chi connectivity index (χ4v) is 0.992. The van der Waals surface area contributed by atoms with Gasteiger partial charge in [-0.3, -0.25) is 4.79 Å². The second kappa shape index (κ2) is 11.4. The van der Waals surface area contributed by atoms with E-state index >= 15 is 0 Å². The Bertz CT molecular complexity index is 152. The molecule has 0 aliphatic carbocycles. The summed E-state index contributed by atoms with van der Waals surface area (Å²) in [5, 5.41) is 11.0. The summed E-state index contributed by atoms with van der Waals surface area (Å²) in [6.45, 7) is 2.30. The number of hydrogen-bond donors (Lipinski definition) is 2. The molecule has 0 unspecified atom stereocenters. The van der Waals surface area contributed by atoms with Gasteiger partial charge in [0, 0.05) is 33.3 Å². The second-order valence-corrected chi connectivity index (χ2v) is 3.08. The highest BCUT2D eigenvalue weighted by atomic mass is 16.5. The Morgan fingerprint density at radius 2 is 1.73 bits per heavy atom. The van der Waals surface area contributed by atoms with Crippen LogP contribution >= 0.6 is 0 Å². The molecule has 90 valence electrons. The third-order valence-corrected chi connectivity index (χ3v) is 1.78. The third-order valence-electron chi connectivity index (χ3n) is 1.78. The number of nitrogens with one attached hydrogen (secondary N) is 1. The maximum atomic E-state index is 10.8. The highest BCUT2D eigenvalue weighted by Crippen LogP contribution is 1.91. The molecular weight excluding hydrogens is 198 g/mol. The Morgan fingerprint density at radius 1 is 1.13 bits per heavy atom. The number of carbonyl (C=O) groups is 1. The van der Waals surface area contributed by atoms with Crippen molar-refractivity contribution in [1.82, 2.24) is 5.32 Å². The minimum atomic E-state index is 0.0462. The predicted molar refractivity (Wildman–Crippen MR) is 56.6 cm³/mol. The summed E-state index contributed by atoms with van der Waals surface area (Å²) in [6, 6.07) is 0. The van der Waals surface area contributed by atoms with Gasteiger partial charge in [-0.25, -0.2) is 0 Å². The van der Waals surface area contributed by atoms with Crippen molar-refractivity contribution in [3.8, 4) is 0 Å². The molecule has 15 heavy (non-hydrogen) atoms. The zero-order valence-electron chi connectivity index (χ0n) is 9.33. The van der Waals surface area contributed by atoms with Crippen molar-refractivity contribution in [1.29, 1.82) is 0 Å². The average molecular weight is 219 g/mol. The van der Waals surface area contributed by atoms with E-state index in [1.165, 1.54) is 0 Å². The lowest BCUT2D eigenvalue weighted by Crippen LogP contribution is -2.17. The van der Waals surface area contributed by atoms with Crippen LogP contribution in [0.25, 0.3) is 0 Å². The molecule has 0 atom stereocenters. The summed E-state index contributed by atoms with van der Waals surface area (Å²) in [6.07, 6.45) is 2.08. The van der Waals surface area contributed by atoms with Gasteiger partial charge in [-0.1, -0.05) is 0 Å². The Balaban J connectivity index is 2.95. The van der Waals surface area contributed by atoms with Gasteiger partial charge in [0.25, 0.3) is 0 Å². The third kappa shape index (κ3) is 11.3. The van der Waals surface area contributed by atoms with Gasteiger partial charge >= 0.3 is 0 Å². The molecule has 0 spiro atoms. The largest absolute Gasteiger partial charge is 0.394 e. The molecule has 2 N–H and O–H groups in total. The van der Waals surface area contributed by atoms with Gasteiger partial charge in [0.1, 0.15) is 0 Å². The minimum Gasteiger partial charge on any atom is -0.394 e. The number of rotatable bonds is 10. The number of amides is 1. The first-order chi connectivity index (χ1) is 7.31. The summed E-state index contributed by atoms with van der Waals surface area (Å²) >= 11 is 0. The van der Waals surface area contributed by atoms with E-state index in [2.05, 4.69) is 5.32 Å². The average Bonchev–Trinajstić information content (AvgIpc) is 2.26. The fraction of sp³-hybridized carbons (Fsp3) is 0.900. The van der Waals surface area contributed by atoms with Crippen LogP contribution in [0.3, 0.4) is 0 Å². The van der Waals surface area contributed by atoms with Crippen LogP contribution in [-0.2, 0) is 14.3 Å². The lowest BCUT2D eigenvalue weighted by Gasteiger charge is -2.04. The Labute approximate surface area is 90.8 Å². The molecule has 0 aliphatic heterocycles. The van der Waals surface area contributed by atoms with E-state index in [9.17, 15) is 4.79 Å². The van der Waals surface area contributed by atoms with Gasteiger partial charge in [0.05, 0.1) is 13.2 Å². The van der Waals surface area contributed by atoms with Gasteiger partial charge in [0.15, 0.2) is 0 Å². The van der Waals surface area contributed by atoms with Crippen molar-refractivity contribution in [2.75, 3.05) is 40.1 Å². The molecule has 0 radical (unpaired) electrons. The minimum absolute atomic E-state index is 0.0462. The molecule has 0 saturated heterocycles. The van der Waals surface area contributed by atoms with Crippen LogP contribution in [0.5, 0.6) is 0 Å². The molecule has 0 aromatic rings. The quantitative estimate of drug-likeness (QED) is 0.505. The molecule has 0 saturated carbocycles. The van der Waals surface area contributed by atoms with Gasteiger partial charge in [-0.2, -0.15) is 0 Å². The summed E-state index contributed by atoms with van der Waals surface area (Å²) in [4.78, 5) is 10.8. The highest BCUT2D eigenvalue weighted by molar-refractivity contribution is 5.75. The van der Waals surface area contributed by atoms with Crippen LogP contribution in [0, 0.1) is 0 Å². The Morgan fingerprint density at radius 3 is 2.33 bits per heavy atom. The molecular formula is C10H21NO4. The molecule has 0 fully saturated rings. The topological polar surface area (TPSA) is 67.8 Å². The normalized spacial score (nSPS) is 10.3. The van der Waals surface area contributed by atoms with Crippen LogP contribution in [0.1, 0.15) is 19.3 Å². The molecule has 0 aromatic heterocycles. The second-order valence-electron chi connectivity index (χ2n) is 3.08. The van der Waals surface area contributed by atoms with Gasteiger partial charge < -0.3 is 19.9 Å². The number of ether oxygens (including phenoxy) is 2. The summed E-state index contributed by atoms with van der Waals surface area (Å²) in [7, 11) is 1.63. The van der Waals surface area contributed by atoms with Crippen LogP contribution in [0.15, 0.2) is 0 Å². The monoisotopic (exact) mass is 219 g/mol. The summed E-state index contributed by atoms with van der Waals surface area (Å²) in [5.41, 5.74) is 0. The van der Waals surface area contributed by atoms with E-state index in [1.54, 1.807) is 7.05 Å². The molecule has 0 aliphatic rings. The maximum absolute atomic E-state index is 10.8. The summed E-state index contributed by atoms with van der Waals surface area (Å²) < 4.78 is 10.3. The lowest BCUT2D eigenvalue weighted by atomic mass is 10.3. The molecule has 0 bridgehead atoms. The molecule has 0 aromatic carbocycles. The first-order valence-electron chi connectivity index (χ1n) is 5.28. The van der Waals surface area contributed by atoms with Gasteiger partial charge in [-0.15, -0.1) is 0 Å². The number of aliphatic hydroxyl groups is 1. The van der Waals surface area contributed by atoms with Crippen LogP contribution in [0.2, 0.25) is 0 Å². The SMILES string of the molecule is CNC(=O)CCCOCCCOCCO. The van der Waals surface area contributed by atoms with E-state index in [4.69, 9.17) is 14.6 Å². The predicted octanol–water partition coefficient (Wildman–Crippen LogP) is -0.0718. The van der Waals surface area contributed by atoms with Crippen LogP contribution < -0.4 is 5.32 Å². The van der Waals surface area contributed by atoms with Gasteiger partial charge in [-0.05, 0) is 12.8 Å². The molecule has 1 amide bonds. The Hall–Kier alpha value is -0.650. The standard InChI is InChI=1S/C10H21NO4/c1-11-10(13)4-2-6-14-7-3-8-15-9-5-12/h12H,2-9H2,1H3,(H,11,13). The summed E-state index contributed by atoms with van der Waals surface area (Å²) in [5.74, 6) is 0.0462. The fourth-order valence-electron chi connectivity index (χ4n) is 0.992. The smallest absolute Gasteiger partial charge is 0.219 e. The lowest BCUT2D eigenvalue weighted by molar-refractivity contribution is -0.120. The van der Waals surface area contributed by atoms with Gasteiger partial charge in [0.2, 0.25) is 5.91 Å². The maximum Gasteiger partial charge on any atom is 0.219 e. The van der Waals surface area contributed by atoms with Crippen molar-refractivity contribution in [2.24, 2.45) is 0 Å². The van der Waals surface area contributed by atoms with Crippen molar-refractivity contribution in [3.05, 3.63) is 0 Å². The van der Waals surface area contributed by atoms with Crippen molar-refractivity contribution in [3.63, 3.8) is 0 Å². The van der Waals surface area contributed by atoms with Crippen molar-refractivity contribution >= 4 is 5.91 Å². The van der Waals surface area contributed by atoms with E-state index in [-0.39, 0.29) is 12.5 Å². The van der Waals surface area contributed by atoms with E-state index < -0.39 is 0 Å². The highest BCUT2D eigenvalue weighted by Gasteiger charge is 1.96. The molecule has 5 heteroatoms. The van der Waals surface area contributed by atoms with Crippen LogP contribution in [-0.4, -0.2) is 51.1 Å². The zero-order valence-corrected chi connectivity index (χ0v) is 9.33. The van der Waals surface area contributed by atoms with E-state index in [1.807, 2.05) is 0 Å². The van der Waals surface area contributed by atoms with Crippen molar-refractivity contribution < 1.29 is 19.4 Å². The molecule has 0 heterocycles.